The lowest BCUT2D eigenvalue weighted by Crippen LogP contribution is -2.25. The lowest BCUT2D eigenvalue weighted by Gasteiger charge is -2.21. The predicted octanol–water partition coefficient (Wildman–Crippen LogP) is 2.24. The number of cyclic esters (lactones) is 2. The number of carbonyl (C=O) groups is 1. The lowest BCUT2D eigenvalue weighted by atomic mass is 9.95. The molecule has 1 atom stereocenters. The second-order valence-electron chi connectivity index (χ2n) is 3.47. The Balaban J connectivity index is 2.40. The minimum absolute atomic E-state index is 0.141. The van der Waals surface area contributed by atoms with Gasteiger partial charge in [-0.3, -0.25) is 0 Å². The summed E-state index contributed by atoms with van der Waals surface area (Å²) in [5.41, 5.74) is -0.112. The quantitative estimate of drug-likeness (QED) is 0.579. The van der Waals surface area contributed by atoms with Crippen molar-refractivity contribution < 1.29 is 19.0 Å². The number of ether oxygens (including phenoxy) is 3. The number of rotatable bonds is 3. The van der Waals surface area contributed by atoms with Gasteiger partial charge in [0, 0.05) is 5.56 Å². The third kappa shape index (κ3) is 1.62. The molecule has 0 amide bonds. The molecular formula is C12H12O4. The average molecular weight is 220 g/mol. The van der Waals surface area contributed by atoms with Crippen LogP contribution in [0.25, 0.3) is 0 Å². The van der Waals surface area contributed by atoms with Crippen molar-refractivity contribution in [1.29, 1.82) is 0 Å². The van der Waals surface area contributed by atoms with E-state index in [1.54, 1.807) is 19.3 Å². The SMILES string of the molecule is C=C[C@]1(c2cccc(OC)c2)COC(=O)O1. The second kappa shape index (κ2) is 3.89. The minimum atomic E-state index is -0.897. The number of benzene rings is 1. The van der Waals surface area contributed by atoms with Crippen molar-refractivity contribution in [3.8, 4) is 5.75 Å². The van der Waals surface area contributed by atoms with Crippen molar-refractivity contribution in [2.45, 2.75) is 5.60 Å². The fraction of sp³-hybridized carbons (Fsp3) is 0.250. The molecule has 1 aromatic carbocycles. The molecule has 4 heteroatoms. The summed E-state index contributed by atoms with van der Waals surface area (Å²) in [6, 6.07) is 7.28. The van der Waals surface area contributed by atoms with Crippen LogP contribution >= 0.6 is 0 Å². The third-order valence-electron chi connectivity index (χ3n) is 2.56. The van der Waals surface area contributed by atoms with Gasteiger partial charge in [0.25, 0.3) is 0 Å². The fourth-order valence-corrected chi connectivity index (χ4v) is 1.62. The number of carbonyl (C=O) groups excluding carboxylic acids is 1. The van der Waals surface area contributed by atoms with Crippen molar-refractivity contribution in [1.82, 2.24) is 0 Å². The molecule has 84 valence electrons. The molecule has 0 aliphatic carbocycles. The van der Waals surface area contributed by atoms with Crippen molar-refractivity contribution in [2.24, 2.45) is 0 Å². The van der Waals surface area contributed by atoms with Gasteiger partial charge >= 0.3 is 6.16 Å². The first kappa shape index (κ1) is 10.5. The topological polar surface area (TPSA) is 44.8 Å². The van der Waals surface area contributed by atoms with Gasteiger partial charge in [-0.2, -0.15) is 0 Å². The molecule has 0 unspecified atom stereocenters. The summed E-state index contributed by atoms with van der Waals surface area (Å²) < 4.78 is 15.1. The van der Waals surface area contributed by atoms with Crippen LogP contribution in [0.4, 0.5) is 4.79 Å². The summed E-state index contributed by atoms with van der Waals surface area (Å²) in [5, 5.41) is 0. The Labute approximate surface area is 93.4 Å². The predicted molar refractivity (Wildman–Crippen MR) is 57.3 cm³/mol. The molecule has 0 spiro atoms. The molecule has 0 N–H and O–H groups in total. The number of hydrogen-bond donors (Lipinski definition) is 0. The summed E-state index contributed by atoms with van der Waals surface area (Å²) in [7, 11) is 1.58. The molecular weight excluding hydrogens is 208 g/mol. The van der Waals surface area contributed by atoms with Crippen LogP contribution in [-0.4, -0.2) is 19.9 Å². The smallest absolute Gasteiger partial charge is 0.497 e. The van der Waals surface area contributed by atoms with Crippen LogP contribution < -0.4 is 4.74 Å². The van der Waals surface area contributed by atoms with Crippen molar-refractivity contribution in [3.05, 3.63) is 42.5 Å². The van der Waals surface area contributed by atoms with E-state index >= 15 is 0 Å². The van der Waals surface area contributed by atoms with Crippen LogP contribution in [0.15, 0.2) is 36.9 Å². The van der Waals surface area contributed by atoms with Gasteiger partial charge in [0.1, 0.15) is 12.4 Å². The van der Waals surface area contributed by atoms with E-state index in [0.29, 0.717) is 5.75 Å². The zero-order valence-electron chi connectivity index (χ0n) is 8.93. The molecule has 0 saturated carbocycles. The minimum Gasteiger partial charge on any atom is -0.497 e. The van der Waals surface area contributed by atoms with Crippen LogP contribution in [0.1, 0.15) is 5.56 Å². The van der Waals surface area contributed by atoms with Crippen LogP contribution in [0.2, 0.25) is 0 Å². The van der Waals surface area contributed by atoms with Gasteiger partial charge < -0.3 is 14.2 Å². The van der Waals surface area contributed by atoms with Crippen LogP contribution in [0.5, 0.6) is 5.75 Å². The van der Waals surface area contributed by atoms with E-state index in [9.17, 15) is 4.79 Å². The molecule has 1 saturated heterocycles. The van der Waals surface area contributed by atoms with E-state index in [4.69, 9.17) is 14.2 Å². The zero-order valence-corrected chi connectivity index (χ0v) is 8.93. The first-order valence-corrected chi connectivity index (χ1v) is 4.84. The van der Waals surface area contributed by atoms with Crippen molar-refractivity contribution in [3.63, 3.8) is 0 Å². The van der Waals surface area contributed by atoms with Gasteiger partial charge in [-0.15, -0.1) is 0 Å². The summed E-state index contributed by atoms with van der Waals surface area (Å²) in [4.78, 5) is 11.0. The van der Waals surface area contributed by atoms with E-state index in [1.807, 2.05) is 18.2 Å². The largest absolute Gasteiger partial charge is 0.509 e. The van der Waals surface area contributed by atoms with Gasteiger partial charge in [0.2, 0.25) is 0 Å². The Kier molecular flexibility index (Phi) is 2.56. The van der Waals surface area contributed by atoms with Gasteiger partial charge in [0.05, 0.1) is 7.11 Å². The highest BCUT2D eigenvalue weighted by atomic mass is 16.8. The Bertz CT molecular complexity index is 427. The molecule has 2 rings (SSSR count). The molecule has 1 aliphatic heterocycles. The van der Waals surface area contributed by atoms with Gasteiger partial charge in [-0.05, 0) is 18.2 Å². The molecule has 1 fully saturated rings. The Hall–Kier alpha value is -1.97. The Morgan fingerprint density at radius 2 is 2.38 bits per heavy atom. The summed E-state index contributed by atoms with van der Waals surface area (Å²) in [6.07, 6.45) is 0.884. The highest BCUT2D eigenvalue weighted by Gasteiger charge is 2.41. The average Bonchev–Trinajstić information content (AvgIpc) is 2.72. The third-order valence-corrected chi connectivity index (χ3v) is 2.56. The normalized spacial score (nSPS) is 23.4. The maximum absolute atomic E-state index is 11.0. The molecule has 1 heterocycles. The van der Waals surface area contributed by atoms with E-state index in [2.05, 4.69) is 6.58 Å². The van der Waals surface area contributed by atoms with Gasteiger partial charge in [0.15, 0.2) is 5.60 Å². The number of methoxy groups -OCH3 is 1. The molecule has 0 aromatic heterocycles. The summed E-state index contributed by atoms with van der Waals surface area (Å²) in [5.74, 6) is 0.696. The van der Waals surface area contributed by atoms with Gasteiger partial charge in [-0.25, -0.2) is 4.79 Å². The van der Waals surface area contributed by atoms with E-state index in [-0.39, 0.29) is 6.61 Å². The highest BCUT2D eigenvalue weighted by molar-refractivity contribution is 5.64. The summed E-state index contributed by atoms with van der Waals surface area (Å²) >= 11 is 0. The first-order chi connectivity index (χ1) is 7.70. The van der Waals surface area contributed by atoms with E-state index in [1.165, 1.54) is 0 Å². The monoisotopic (exact) mass is 220 g/mol. The lowest BCUT2D eigenvalue weighted by molar-refractivity contribution is 0.0886. The second-order valence-corrected chi connectivity index (χ2v) is 3.47. The molecule has 16 heavy (non-hydrogen) atoms. The maximum atomic E-state index is 11.0. The van der Waals surface area contributed by atoms with E-state index < -0.39 is 11.8 Å². The molecule has 1 aliphatic rings. The molecule has 0 radical (unpaired) electrons. The Morgan fingerprint density at radius 3 is 2.94 bits per heavy atom. The zero-order chi connectivity index (χ0) is 11.6. The molecule has 0 bridgehead atoms. The standard InChI is InChI=1S/C12H12O4/c1-3-12(8-15-11(13)16-12)9-5-4-6-10(7-9)14-2/h3-7H,1,8H2,2H3/t12-/m1/s1. The van der Waals surface area contributed by atoms with Crippen molar-refractivity contribution in [2.75, 3.05) is 13.7 Å². The molecule has 4 nitrogen and oxygen atoms in total. The molecule has 1 aromatic rings. The van der Waals surface area contributed by atoms with E-state index in [0.717, 1.165) is 5.56 Å². The maximum Gasteiger partial charge on any atom is 0.509 e. The number of hydrogen-bond acceptors (Lipinski definition) is 4. The fourth-order valence-electron chi connectivity index (χ4n) is 1.62. The Morgan fingerprint density at radius 1 is 1.56 bits per heavy atom. The first-order valence-electron chi connectivity index (χ1n) is 4.84. The van der Waals surface area contributed by atoms with Crippen LogP contribution in [0, 0.1) is 0 Å². The van der Waals surface area contributed by atoms with Crippen LogP contribution in [0.3, 0.4) is 0 Å². The van der Waals surface area contributed by atoms with Gasteiger partial charge in [-0.1, -0.05) is 18.7 Å². The van der Waals surface area contributed by atoms with Crippen molar-refractivity contribution >= 4 is 6.16 Å². The highest BCUT2D eigenvalue weighted by Crippen LogP contribution is 2.34. The summed E-state index contributed by atoms with van der Waals surface area (Å²) in [6.45, 7) is 3.82. The van der Waals surface area contributed by atoms with Crippen LogP contribution in [-0.2, 0) is 15.1 Å².